The van der Waals surface area contributed by atoms with Crippen LogP contribution in [0.4, 0.5) is 5.69 Å². The lowest BCUT2D eigenvalue weighted by molar-refractivity contribution is -0.118. The fourth-order valence-corrected chi connectivity index (χ4v) is 4.79. The lowest BCUT2D eigenvalue weighted by Crippen LogP contribution is -2.25. The van der Waals surface area contributed by atoms with Crippen molar-refractivity contribution in [2.75, 3.05) is 12.4 Å². The number of Topliss-reactive ketones (excluding diaryl/α,β-unsaturated/α-hetero) is 1. The van der Waals surface area contributed by atoms with Crippen LogP contribution in [0.2, 0.25) is 0 Å². The summed E-state index contributed by atoms with van der Waals surface area (Å²) in [5.74, 6) is -0.149. The molecule has 0 saturated heterocycles. The maximum Gasteiger partial charge on any atom is 0.236 e. The molecular formula is C24H19NO3. The van der Waals surface area contributed by atoms with Gasteiger partial charge in [-0.1, -0.05) is 66.7 Å². The van der Waals surface area contributed by atoms with Crippen LogP contribution < -0.4 is 10.1 Å². The average Bonchev–Trinajstić information content (AvgIpc) is 3.36. The highest BCUT2D eigenvalue weighted by molar-refractivity contribution is 6.17. The van der Waals surface area contributed by atoms with E-state index >= 15 is 0 Å². The van der Waals surface area contributed by atoms with Crippen molar-refractivity contribution in [1.29, 1.82) is 0 Å². The van der Waals surface area contributed by atoms with E-state index in [9.17, 15) is 9.59 Å². The Morgan fingerprint density at radius 1 is 0.929 bits per heavy atom. The molecule has 0 unspecified atom stereocenters. The number of rotatable bonds is 4. The summed E-state index contributed by atoms with van der Waals surface area (Å²) in [6.45, 7) is 0. The van der Waals surface area contributed by atoms with Crippen molar-refractivity contribution in [3.05, 3.63) is 95.6 Å². The van der Waals surface area contributed by atoms with Crippen molar-refractivity contribution in [2.24, 2.45) is 5.92 Å². The van der Waals surface area contributed by atoms with Crippen molar-refractivity contribution in [1.82, 2.24) is 0 Å². The van der Waals surface area contributed by atoms with Gasteiger partial charge in [0.05, 0.1) is 12.5 Å². The zero-order valence-electron chi connectivity index (χ0n) is 15.4. The van der Waals surface area contributed by atoms with Gasteiger partial charge in [-0.15, -0.1) is 0 Å². The molecule has 1 heterocycles. The summed E-state index contributed by atoms with van der Waals surface area (Å²) >= 11 is 0. The highest BCUT2D eigenvalue weighted by atomic mass is 16.5. The summed E-state index contributed by atoms with van der Waals surface area (Å²) in [7, 11) is 1.62. The molecule has 0 radical (unpaired) electrons. The van der Waals surface area contributed by atoms with Gasteiger partial charge < -0.3 is 10.1 Å². The molecule has 3 aromatic rings. The molecule has 2 aliphatic rings. The molecule has 1 amide bonds. The lowest BCUT2D eigenvalue weighted by atomic mass is 9.90. The number of ether oxygens (including phenoxy) is 1. The fraction of sp³-hybridized carbons (Fsp3) is 0.167. The molecule has 1 saturated carbocycles. The third-order valence-corrected chi connectivity index (χ3v) is 6.02. The SMILES string of the molecule is COc1ccccc1[C@H]1[C@H](C(=O)c2ccccc2)[C@@]12C(=O)Nc1ccccc12. The summed E-state index contributed by atoms with van der Waals surface area (Å²) in [5.41, 5.74) is 2.31. The topological polar surface area (TPSA) is 55.4 Å². The van der Waals surface area contributed by atoms with E-state index in [1.54, 1.807) is 7.11 Å². The van der Waals surface area contributed by atoms with E-state index in [4.69, 9.17) is 4.74 Å². The molecule has 5 rings (SSSR count). The largest absolute Gasteiger partial charge is 0.496 e. The van der Waals surface area contributed by atoms with Gasteiger partial charge in [0.1, 0.15) is 5.75 Å². The molecule has 1 aliphatic carbocycles. The second-order valence-corrected chi connectivity index (χ2v) is 7.30. The maximum atomic E-state index is 13.5. The van der Waals surface area contributed by atoms with Gasteiger partial charge in [0.15, 0.2) is 5.78 Å². The predicted octanol–water partition coefficient (Wildman–Crippen LogP) is 4.18. The maximum absolute atomic E-state index is 13.5. The van der Waals surface area contributed by atoms with Crippen LogP contribution >= 0.6 is 0 Å². The molecule has 1 fully saturated rings. The van der Waals surface area contributed by atoms with E-state index in [0.717, 1.165) is 16.8 Å². The second-order valence-electron chi connectivity index (χ2n) is 7.30. The number of anilines is 1. The van der Waals surface area contributed by atoms with E-state index in [1.165, 1.54) is 0 Å². The predicted molar refractivity (Wildman–Crippen MR) is 107 cm³/mol. The Morgan fingerprint density at radius 3 is 2.39 bits per heavy atom. The molecule has 0 aromatic heterocycles. The smallest absolute Gasteiger partial charge is 0.236 e. The number of para-hydroxylation sites is 2. The molecule has 1 spiro atoms. The molecule has 1 aliphatic heterocycles. The van der Waals surface area contributed by atoms with Gasteiger partial charge in [0.2, 0.25) is 5.91 Å². The molecule has 3 aromatic carbocycles. The number of nitrogens with one attached hydrogen (secondary N) is 1. The van der Waals surface area contributed by atoms with Crippen LogP contribution in [0.3, 0.4) is 0 Å². The number of ketones is 1. The Morgan fingerprint density at radius 2 is 1.61 bits per heavy atom. The summed E-state index contributed by atoms with van der Waals surface area (Å²) in [6, 6.07) is 24.5. The molecule has 1 N–H and O–H groups in total. The van der Waals surface area contributed by atoms with Gasteiger partial charge in [-0.25, -0.2) is 0 Å². The monoisotopic (exact) mass is 369 g/mol. The number of benzene rings is 3. The van der Waals surface area contributed by atoms with Crippen LogP contribution in [0.15, 0.2) is 78.9 Å². The first-order valence-corrected chi connectivity index (χ1v) is 9.32. The third kappa shape index (κ3) is 2.12. The normalized spacial score (nSPS) is 24.5. The quantitative estimate of drug-likeness (QED) is 0.702. The Hall–Kier alpha value is -3.40. The van der Waals surface area contributed by atoms with Crippen LogP contribution in [0.5, 0.6) is 5.75 Å². The minimum absolute atomic E-state index is 0.0108. The highest BCUT2D eigenvalue weighted by Gasteiger charge is 2.76. The molecule has 4 nitrogen and oxygen atoms in total. The van der Waals surface area contributed by atoms with Crippen LogP contribution in [0.1, 0.15) is 27.4 Å². The van der Waals surface area contributed by atoms with Gasteiger partial charge in [0.25, 0.3) is 0 Å². The standard InChI is InChI=1S/C24H19NO3/c1-28-19-14-8-5-11-16(19)20-21(22(26)15-9-3-2-4-10-15)24(20)17-12-6-7-13-18(17)25-23(24)27/h2-14,20-21H,1H3,(H,25,27)/t20-,21+,24-/m0/s1. The second kappa shape index (κ2) is 6.06. The fourth-order valence-electron chi connectivity index (χ4n) is 4.79. The number of fused-ring (bicyclic) bond motifs is 2. The van der Waals surface area contributed by atoms with Gasteiger partial charge in [0, 0.05) is 23.1 Å². The molecule has 4 heteroatoms. The van der Waals surface area contributed by atoms with Crippen molar-refractivity contribution in [2.45, 2.75) is 11.3 Å². The van der Waals surface area contributed by atoms with Crippen LogP contribution in [0, 0.1) is 5.92 Å². The molecule has 138 valence electrons. The Bertz CT molecular complexity index is 1090. The summed E-state index contributed by atoms with van der Waals surface area (Å²) in [6.07, 6.45) is 0. The van der Waals surface area contributed by atoms with Gasteiger partial charge in [-0.05, 0) is 23.3 Å². The van der Waals surface area contributed by atoms with E-state index in [2.05, 4.69) is 5.32 Å². The summed E-state index contributed by atoms with van der Waals surface area (Å²) in [4.78, 5) is 26.7. The number of hydrogen-bond acceptors (Lipinski definition) is 3. The first-order valence-electron chi connectivity index (χ1n) is 9.32. The van der Waals surface area contributed by atoms with Crippen LogP contribution in [-0.4, -0.2) is 18.8 Å². The third-order valence-electron chi connectivity index (χ3n) is 6.02. The number of hydrogen-bond donors (Lipinski definition) is 1. The van der Waals surface area contributed by atoms with Crippen molar-refractivity contribution < 1.29 is 14.3 Å². The van der Waals surface area contributed by atoms with Gasteiger partial charge in [-0.3, -0.25) is 9.59 Å². The number of carbonyl (C=O) groups is 2. The molecule has 28 heavy (non-hydrogen) atoms. The van der Waals surface area contributed by atoms with E-state index < -0.39 is 11.3 Å². The summed E-state index contributed by atoms with van der Waals surface area (Å²) in [5, 5.41) is 2.99. The minimum atomic E-state index is -0.891. The van der Waals surface area contributed by atoms with Crippen molar-refractivity contribution in [3.8, 4) is 5.75 Å². The number of methoxy groups -OCH3 is 1. The molecular weight excluding hydrogens is 350 g/mol. The van der Waals surface area contributed by atoms with Crippen LogP contribution in [-0.2, 0) is 10.2 Å². The van der Waals surface area contributed by atoms with Gasteiger partial charge >= 0.3 is 0 Å². The van der Waals surface area contributed by atoms with Crippen LogP contribution in [0.25, 0.3) is 0 Å². The first-order chi connectivity index (χ1) is 13.7. The average molecular weight is 369 g/mol. The lowest BCUT2D eigenvalue weighted by Gasteiger charge is -2.11. The molecule has 3 atom stereocenters. The van der Waals surface area contributed by atoms with E-state index in [-0.39, 0.29) is 17.6 Å². The summed E-state index contributed by atoms with van der Waals surface area (Å²) < 4.78 is 5.56. The van der Waals surface area contributed by atoms with E-state index in [1.807, 2.05) is 78.9 Å². The van der Waals surface area contributed by atoms with Crippen molar-refractivity contribution >= 4 is 17.4 Å². The number of carbonyl (C=O) groups excluding carboxylic acids is 2. The van der Waals surface area contributed by atoms with Crippen molar-refractivity contribution in [3.63, 3.8) is 0 Å². The number of amides is 1. The zero-order chi connectivity index (χ0) is 19.3. The Balaban J connectivity index is 1.70. The van der Waals surface area contributed by atoms with Gasteiger partial charge in [-0.2, -0.15) is 0 Å². The molecule has 0 bridgehead atoms. The minimum Gasteiger partial charge on any atom is -0.496 e. The van der Waals surface area contributed by atoms with E-state index in [0.29, 0.717) is 11.3 Å². The zero-order valence-corrected chi connectivity index (χ0v) is 15.4. The Labute approximate surface area is 163 Å². The highest BCUT2D eigenvalue weighted by Crippen LogP contribution is 2.71. The Kier molecular flexibility index (Phi) is 3.63. The first kappa shape index (κ1) is 16.8.